The second-order valence-electron chi connectivity index (χ2n) is 6.80. The predicted octanol–water partition coefficient (Wildman–Crippen LogP) is 3.01. The summed E-state index contributed by atoms with van der Waals surface area (Å²) in [5, 5.41) is 3.84. The summed E-state index contributed by atoms with van der Waals surface area (Å²) in [6.07, 6.45) is 5.81. The van der Waals surface area contributed by atoms with Crippen molar-refractivity contribution >= 4 is 43.5 Å². The molecule has 1 aliphatic rings. The quantitative estimate of drug-likeness (QED) is 0.541. The summed E-state index contributed by atoms with van der Waals surface area (Å²) in [5.74, 6) is 0.626. The molecule has 0 radical (unpaired) electrons. The first-order valence-corrected chi connectivity index (χ1v) is 10.9. The van der Waals surface area contributed by atoms with Crippen LogP contribution in [-0.2, 0) is 10.0 Å². The molecular formula is C14H23BrN4O2S2. The number of halogens is 1. The first-order valence-electron chi connectivity index (χ1n) is 7.42. The molecule has 6 nitrogen and oxygen atoms in total. The third kappa shape index (κ3) is 4.37. The van der Waals surface area contributed by atoms with Gasteiger partial charge in [0.25, 0.3) is 0 Å². The highest BCUT2D eigenvalue weighted by Gasteiger charge is 2.49. The fourth-order valence-electron chi connectivity index (χ4n) is 2.44. The van der Waals surface area contributed by atoms with Crippen LogP contribution >= 0.6 is 27.7 Å². The average molecular weight is 423 g/mol. The molecule has 1 aromatic heterocycles. The molecule has 0 atom stereocenters. The Morgan fingerprint density at radius 3 is 2.52 bits per heavy atom. The number of hydrogen-bond donors (Lipinski definition) is 2. The Morgan fingerprint density at radius 2 is 2.04 bits per heavy atom. The van der Waals surface area contributed by atoms with E-state index in [1.807, 2.05) is 27.0 Å². The van der Waals surface area contributed by atoms with Crippen molar-refractivity contribution < 1.29 is 8.42 Å². The molecule has 0 bridgehead atoms. The first-order chi connectivity index (χ1) is 10.6. The van der Waals surface area contributed by atoms with Crippen molar-refractivity contribution in [2.75, 3.05) is 18.1 Å². The van der Waals surface area contributed by atoms with Crippen LogP contribution in [0.1, 0.15) is 40.0 Å². The van der Waals surface area contributed by atoms with E-state index in [0.717, 1.165) is 10.9 Å². The summed E-state index contributed by atoms with van der Waals surface area (Å²) in [5.41, 5.74) is -0.483. The molecule has 9 heteroatoms. The molecule has 23 heavy (non-hydrogen) atoms. The van der Waals surface area contributed by atoms with Crippen molar-refractivity contribution in [1.82, 2.24) is 14.7 Å². The van der Waals surface area contributed by atoms with Crippen LogP contribution < -0.4 is 10.0 Å². The monoisotopic (exact) mass is 422 g/mol. The molecule has 1 aromatic rings. The molecule has 0 amide bonds. The normalized spacial score (nSPS) is 17.6. The smallest absolute Gasteiger partial charge is 0.219 e. The van der Waals surface area contributed by atoms with Crippen molar-refractivity contribution in [1.29, 1.82) is 0 Å². The Morgan fingerprint density at radius 1 is 1.39 bits per heavy atom. The number of aromatic nitrogens is 2. The van der Waals surface area contributed by atoms with Gasteiger partial charge in [0.15, 0.2) is 5.16 Å². The molecule has 1 saturated carbocycles. The number of rotatable bonds is 6. The van der Waals surface area contributed by atoms with Crippen molar-refractivity contribution in [3.63, 3.8) is 0 Å². The van der Waals surface area contributed by atoms with Crippen LogP contribution in [0.2, 0.25) is 0 Å². The van der Waals surface area contributed by atoms with E-state index in [1.165, 1.54) is 11.8 Å². The van der Waals surface area contributed by atoms with Crippen molar-refractivity contribution in [2.45, 2.75) is 55.5 Å². The van der Waals surface area contributed by atoms with Crippen LogP contribution in [0.5, 0.6) is 0 Å². The van der Waals surface area contributed by atoms with E-state index in [0.29, 0.717) is 30.4 Å². The summed E-state index contributed by atoms with van der Waals surface area (Å²) >= 11 is 4.85. The van der Waals surface area contributed by atoms with Gasteiger partial charge >= 0.3 is 0 Å². The second-order valence-corrected chi connectivity index (χ2v) is 10.5. The second kappa shape index (κ2) is 6.85. The number of anilines is 1. The van der Waals surface area contributed by atoms with Gasteiger partial charge in [-0.3, -0.25) is 0 Å². The highest BCUT2D eigenvalue weighted by atomic mass is 79.9. The summed E-state index contributed by atoms with van der Waals surface area (Å²) < 4.78 is 28.3. The number of sulfonamides is 1. The molecule has 1 heterocycles. The average Bonchev–Trinajstić information content (AvgIpc) is 2.36. The van der Waals surface area contributed by atoms with Crippen LogP contribution in [0.4, 0.5) is 5.82 Å². The van der Waals surface area contributed by atoms with E-state index in [-0.39, 0.29) is 0 Å². The van der Waals surface area contributed by atoms with Gasteiger partial charge in [-0.2, -0.15) is 0 Å². The summed E-state index contributed by atoms with van der Waals surface area (Å²) in [6.45, 7) is 5.91. The number of thioether (sulfide) groups is 1. The molecule has 0 saturated heterocycles. The third-order valence-electron chi connectivity index (χ3n) is 3.76. The van der Waals surface area contributed by atoms with Crippen molar-refractivity contribution in [2.24, 2.45) is 0 Å². The molecule has 1 aliphatic carbocycles. The van der Waals surface area contributed by atoms with Gasteiger partial charge < -0.3 is 5.32 Å². The Hall–Kier alpha value is -0.380. The lowest BCUT2D eigenvalue weighted by Crippen LogP contribution is -2.58. The van der Waals surface area contributed by atoms with E-state index in [9.17, 15) is 8.42 Å². The predicted molar refractivity (Wildman–Crippen MR) is 98.4 cm³/mol. The van der Waals surface area contributed by atoms with Gasteiger partial charge in [-0.15, -0.1) is 0 Å². The van der Waals surface area contributed by atoms with Crippen LogP contribution in [0, 0.1) is 0 Å². The zero-order chi connectivity index (χ0) is 17.3. The Balaban J connectivity index is 2.17. The zero-order valence-corrected chi connectivity index (χ0v) is 17.0. The summed E-state index contributed by atoms with van der Waals surface area (Å²) in [6, 6.07) is 0. The Bertz CT molecular complexity index is 670. The SMILES string of the molecule is CSc1ncc(Br)c(NCC2(S(=O)(=O)NC(C)(C)C)CCC2)n1. The number of hydrogen-bond acceptors (Lipinski definition) is 6. The van der Waals surface area contributed by atoms with Gasteiger partial charge in [0, 0.05) is 18.3 Å². The lowest BCUT2D eigenvalue weighted by molar-refractivity contribution is 0.339. The van der Waals surface area contributed by atoms with Gasteiger partial charge in [0.1, 0.15) is 10.6 Å². The molecule has 0 aliphatic heterocycles. The van der Waals surface area contributed by atoms with Gasteiger partial charge in [0.2, 0.25) is 10.0 Å². The lowest BCUT2D eigenvalue weighted by atomic mass is 9.84. The number of nitrogens with one attached hydrogen (secondary N) is 2. The van der Waals surface area contributed by atoms with Crippen LogP contribution in [0.3, 0.4) is 0 Å². The minimum absolute atomic E-state index is 0.335. The maximum atomic E-state index is 12.8. The molecule has 130 valence electrons. The lowest BCUT2D eigenvalue weighted by Gasteiger charge is -2.42. The molecule has 0 spiro atoms. The molecule has 1 fully saturated rings. The van der Waals surface area contributed by atoms with Crippen molar-refractivity contribution in [3.05, 3.63) is 10.7 Å². The highest BCUT2D eigenvalue weighted by molar-refractivity contribution is 9.10. The maximum Gasteiger partial charge on any atom is 0.219 e. The largest absolute Gasteiger partial charge is 0.367 e. The van der Waals surface area contributed by atoms with Crippen LogP contribution in [-0.4, -0.2) is 41.5 Å². The highest BCUT2D eigenvalue weighted by Crippen LogP contribution is 2.40. The molecule has 2 rings (SSSR count). The summed E-state index contributed by atoms with van der Waals surface area (Å²) in [4.78, 5) is 8.56. The Labute approximate surface area is 150 Å². The van der Waals surface area contributed by atoms with Crippen LogP contribution in [0.25, 0.3) is 0 Å². The van der Waals surface area contributed by atoms with Gasteiger partial charge in [-0.1, -0.05) is 18.2 Å². The zero-order valence-electron chi connectivity index (χ0n) is 13.8. The Kier molecular flexibility index (Phi) is 5.65. The van der Waals surface area contributed by atoms with E-state index >= 15 is 0 Å². The minimum atomic E-state index is -3.42. The van der Waals surface area contributed by atoms with Gasteiger partial charge in [-0.05, 0) is 55.8 Å². The van der Waals surface area contributed by atoms with Crippen molar-refractivity contribution in [3.8, 4) is 0 Å². The molecule has 2 N–H and O–H groups in total. The molecular weight excluding hydrogens is 400 g/mol. The first kappa shape index (κ1) is 19.0. The summed E-state index contributed by atoms with van der Waals surface area (Å²) in [7, 11) is -3.42. The topological polar surface area (TPSA) is 84.0 Å². The van der Waals surface area contributed by atoms with Gasteiger partial charge in [0.05, 0.1) is 4.47 Å². The van der Waals surface area contributed by atoms with E-state index in [2.05, 4.69) is 35.9 Å². The third-order valence-corrected chi connectivity index (χ3v) is 7.47. The molecule has 0 aromatic carbocycles. The molecule has 0 unspecified atom stereocenters. The minimum Gasteiger partial charge on any atom is -0.367 e. The van der Waals surface area contributed by atoms with Crippen LogP contribution in [0.15, 0.2) is 15.8 Å². The van der Waals surface area contributed by atoms with E-state index in [4.69, 9.17) is 0 Å². The van der Waals surface area contributed by atoms with E-state index in [1.54, 1.807) is 6.20 Å². The maximum absolute atomic E-state index is 12.8. The van der Waals surface area contributed by atoms with E-state index < -0.39 is 20.3 Å². The van der Waals surface area contributed by atoms with Gasteiger partial charge in [-0.25, -0.2) is 23.1 Å². The fourth-order valence-corrected chi connectivity index (χ4v) is 5.22. The standard InChI is InChI=1S/C14H23BrN4O2S2/c1-13(2,3)19-23(20,21)14(6-5-7-14)9-17-11-10(15)8-16-12(18-11)22-4/h8,19H,5-7,9H2,1-4H3,(H,16,17,18). The fraction of sp³-hybridized carbons (Fsp3) is 0.714. The number of nitrogens with zero attached hydrogens (tertiary/aromatic N) is 2.